The summed E-state index contributed by atoms with van der Waals surface area (Å²) in [4.78, 5) is 2.30. The Morgan fingerprint density at radius 3 is 2.69 bits per heavy atom. The highest BCUT2D eigenvalue weighted by Gasteiger charge is 2.11. The van der Waals surface area contributed by atoms with Crippen LogP contribution < -0.4 is 9.47 Å². The molecule has 0 saturated heterocycles. The molecule has 1 heterocycles. The second kappa shape index (κ2) is 5.21. The first-order chi connectivity index (χ1) is 7.79. The lowest BCUT2D eigenvalue weighted by molar-refractivity contribution is 0.171. The van der Waals surface area contributed by atoms with E-state index in [1.165, 1.54) is 5.56 Å². The minimum Gasteiger partial charge on any atom is -0.486 e. The van der Waals surface area contributed by atoms with Crippen molar-refractivity contribution in [2.75, 3.05) is 33.4 Å². The van der Waals surface area contributed by atoms with Crippen molar-refractivity contribution in [2.24, 2.45) is 0 Å². The van der Waals surface area contributed by atoms with Crippen LogP contribution in [0.15, 0.2) is 18.2 Å². The quantitative estimate of drug-likeness (QED) is 0.775. The number of benzene rings is 1. The van der Waals surface area contributed by atoms with E-state index < -0.39 is 0 Å². The summed E-state index contributed by atoms with van der Waals surface area (Å²) >= 11 is 0. The predicted octanol–water partition coefficient (Wildman–Crippen LogP) is 1.95. The van der Waals surface area contributed by atoms with Gasteiger partial charge in [-0.15, -0.1) is 0 Å². The smallest absolute Gasteiger partial charge is 0.161 e. The van der Waals surface area contributed by atoms with Crippen LogP contribution in [0, 0.1) is 0 Å². The van der Waals surface area contributed by atoms with Crippen LogP contribution in [0.2, 0.25) is 0 Å². The molecule has 0 aliphatic carbocycles. The Morgan fingerprint density at radius 2 is 1.94 bits per heavy atom. The molecule has 0 spiro atoms. The summed E-state index contributed by atoms with van der Waals surface area (Å²) in [6.45, 7) is 5.65. The third kappa shape index (κ3) is 2.67. The summed E-state index contributed by atoms with van der Waals surface area (Å²) in [6, 6.07) is 6.23. The Bertz CT molecular complexity index is 352. The van der Waals surface area contributed by atoms with Gasteiger partial charge < -0.3 is 14.4 Å². The highest BCUT2D eigenvalue weighted by Crippen LogP contribution is 2.30. The van der Waals surface area contributed by atoms with Gasteiger partial charge in [0.05, 0.1) is 0 Å². The van der Waals surface area contributed by atoms with Crippen LogP contribution >= 0.6 is 0 Å². The van der Waals surface area contributed by atoms with E-state index >= 15 is 0 Å². The van der Waals surface area contributed by atoms with Crippen LogP contribution in [0.4, 0.5) is 0 Å². The predicted molar refractivity (Wildman–Crippen MR) is 64.3 cm³/mol. The first-order valence-electron chi connectivity index (χ1n) is 5.86. The molecule has 0 bridgehead atoms. The van der Waals surface area contributed by atoms with Gasteiger partial charge in [-0.2, -0.15) is 0 Å². The molecule has 0 N–H and O–H groups in total. The van der Waals surface area contributed by atoms with Crippen molar-refractivity contribution >= 4 is 0 Å². The Balaban J connectivity index is 2.00. The molecule has 88 valence electrons. The van der Waals surface area contributed by atoms with Crippen molar-refractivity contribution in [3.63, 3.8) is 0 Å². The number of hydrogen-bond acceptors (Lipinski definition) is 3. The summed E-state index contributed by atoms with van der Waals surface area (Å²) in [5.74, 6) is 1.77. The fraction of sp³-hybridized carbons (Fsp3) is 0.538. The molecule has 1 aromatic carbocycles. The lowest BCUT2D eigenvalue weighted by atomic mass is 10.1. The SMILES string of the molecule is CCN(C)CCc1ccc2c(c1)OCCO2. The standard InChI is InChI=1S/C13H19NO2/c1-3-14(2)7-6-11-4-5-12-13(10-11)16-9-8-15-12/h4-5,10H,3,6-9H2,1-2H3. The average molecular weight is 221 g/mol. The molecule has 1 aliphatic rings. The van der Waals surface area contributed by atoms with Crippen LogP contribution in [0.1, 0.15) is 12.5 Å². The number of rotatable bonds is 4. The molecule has 1 aliphatic heterocycles. The number of likely N-dealkylation sites (N-methyl/N-ethyl adjacent to an activating group) is 1. The van der Waals surface area contributed by atoms with Gasteiger partial charge >= 0.3 is 0 Å². The van der Waals surface area contributed by atoms with Crippen molar-refractivity contribution in [1.82, 2.24) is 4.90 Å². The van der Waals surface area contributed by atoms with Gasteiger partial charge in [-0.1, -0.05) is 13.0 Å². The third-order valence-electron chi connectivity index (χ3n) is 2.93. The van der Waals surface area contributed by atoms with Crippen LogP contribution in [-0.2, 0) is 6.42 Å². The molecule has 3 heteroatoms. The highest BCUT2D eigenvalue weighted by molar-refractivity contribution is 5.43. The highest BCUT2D eigenvalue weighted by atomic mass is 16.6. The van der Waals surface area contributed by atoms with E-state index in [-0.39, 0.29) is 0 Å². The van der Waals surface area contributed by atoms with Gasteiger partial charge in [0.2, 0.25) is 0 Å². The van der Waals surface area contributed by atoms with Crippen LogP contribution in [0.3, 0.4) is 0 Å². The fourth-order valence-corrected chi connectivity index (χ4v) is 1.72. The summed E-state index contributed by atoms with van der Waals surface area (Å²) in [5, 5.41) is 0. The van der Waals surface area contributed by atoms with Crippen molar-refractivity contribution < 1.29 is 9.47 Å². The lowest BCUT2D eigenvalue weighted by Gasteiger charge is -2.19. The van der Waals surface area contributed by atoms with Gasteiger partial charge in [0.25, 0.3) is 0 Å². The molecule has 0 atom stereocenters. The number of fused-ring (bicyclic) bond motifs is 1. The first-order valence-corrected chi connectivity index (χ1v) is 5.86. The summed E-state index contributed by atoms with van der Waals surface area (Å²) in [5.41, 5.74) is 1.31. The van der Waals surface area contributed by atoms with Crippen LogP contribution in [0.25, 0.3) is 0 Å². The van der Waals surface area contributed by atoms with Gasteiger partial charge in [-0.25, -0.2) is 0 Å². The minimum atomic E-state index is 0.658. The van der Waals surface area contributed by atoms with Gasteiger partial charge in [0, 0.05) is 6.54 Å². The topological polar surface area (TPSA) is 21.7 Å². The second-order valence-corrected chi connectivity index (χ2v) is 4.12. The zero-order valence-corrected chi connectivity index (χ0v) is 10.0. The van der Waals surface area contributed by atoms with Crippen molar-refractivity contribution in [3.8, 4) is 11.5 Å². The molecular formula is C13H19NO2. The summed E-state index contributed by atoms with van der Waals surface area (Å²) in [7, 11) is 2.14. The minimum absolute atomic E-state index is 0.658. The van der Waals surface area contributed by atoms with Crippen molar-refractivity contribution in [2.45, 2.75) is 13.3 Å². The molecule has 0 amide bonds. The van der Waals surface area contributed by atoms with E-state index in [4.69, 9.17) is 9.47 Å². The molecule has 0 saturated carbocycles. The van der Waals surface area contributed by atoms with Gasteiger partial charge in [0.15, 0.2) is 11.5 Å². The lowest BCUT2D eigenvalue weighted by Crippen LogP contribution is -2.20. The summed E-state index contributed by atoms with van der Waals surface area (Å²) in [6.07, 6.45) is 1.06. The molecule has 3 nitrogen and oxygen atoms in total. The zero-order chi connectivity index (χ0) is 11.4. The normalized spacial score (nSPS) is 14.2. The fourth-order valence-electron chi connectivity index (χ4n) is 1.72. The Hall–Kier alpha value is -1.22. The second-order valence-electron chi connectivity index (χ2n) is 4.12. The number of hydrogen-bond donors (Lipinski definition) is 0. The Labute approximate surface area is 97.0 Å². The first kappa shape index (κ1) is 11.3. The molecule has 0 aromatic heterocycles. The van der Waals surface area contributed by atoms with Gasteiger partial charge in [-0.05, 0) is 37.7 Å². The zero-order valence-electron chi connectivity index (χ0n) is 10.0. The van der Waals surface area contributed by atoms with Crippen molar-refractivity contribution in [1.29, 1.82) is 0 Å². The molecule has 16 heavy (non-hydrogen) atoms. The number of nitrogens with zero attached hydrogens (tertiary/aromatic N) is 1. The van der Waals surface area contributed by atoms with Crippen molar-refractivity contribution in [3.05, 3.63) is 23.8 Å². The van der Waals surface area contributed by atoms with Gasteiger partial charge in [-0.3, -0.25) is 0 Å². The third-order valence-corrected chi connectivity index (χ3v) is 2.93. The van der Waals surface area contributed by atoms with Crippen LogP contribution in [0.5, 0.6) is 11.5 Å². The molecular weight excluding hydrogens is 202 g/mol. The maximum atomic E-state index is 5.56. The molecule has 1 aromatic rings. The molecule has 0 fully saturated rings. The average Bonchev–Trinajstić information content (AvgIpc) is 2.35. The van der Waals surface area contributed by atoms with E-state index in [1.54, 1.807) is 0 Å². The van der Waals surface area contributed by atoms with Gasteiger partial charge in [0.1, 0.15) is 13.2 Å². The largest absolute Gasteiger partial charge is 0.486 e. The Kier molecular flexibility index (Phi) is 3.67. The molecule has 2 rings (SSSR count). The monoisotopic (exact) mass is 221 g/mol. The van der Waals surface area contributed by atoms with E-state index in [9.17, 15) is 0 Å². The van der Waals surface area contributed by atoms with E-state index in [0.717, 1.165) is 31.0 Å². The summed E-state index contributed by atoms with van der Waals surface area (Å²) < 4.78 is 11.0. The van der Waals surface area contributed by atoms with Crippen LogP contribution in [-0.4, -0.2) is 38.3 Å². The van der Waals surface area contributed by atoms with E-state index in [1.807, 2.05) is 6.07 Å². The number of ether oxygens (including phenoxy) is 2. The maximum absolute atomic E-state index is 5.56. The van der Waals surface area contributed by atoms with E-state index in [2.05, 4.69) is 31.0 Å². The Morgan fingerprint density at radius 1 is 1.19 bits per heavy atom. The van der Waals surface area contributed by atoms with E-state index in [0.29, 0.717) is 13.2 Å². The molecule has 0 unspecified atom stereocenters. The maximum Gasteiger partial charge on any atom is 0.161 e. The molecule has 0 radical (unpaired) electrons.